The zero-order valence-electron chi connectivity index (χ0n) is 13.6. The van der Waals surface area contributed by atoms with E-state index >= 15 is 0 Å². The van der Waals surface area contributed by atoms with Gasteiger partial charge in [0.05, 0.1) is 38.0 Å². The van der Waals surface area contributed by atoms with Gasteiger partial charge in [-0.25, -0.2) is 0 Å². The first kappa shape index (κ1) is 18.5. The minimum Gasteiger partial charge on any atom is -0.391 e. The van der Waals surface area contributed by atoms with Crippen molar-refractivity contribution in [3.05, 3.63) is 71.8 Å². The predicted molar refractivity (Wildman–Crippen MR) is 98.7 cm³/mol. The van der Waals surface area contributed by atoms with Gasteiger partial charge in [-0.15, -0.1) is 0 Å². The lowest BCUT2D eigenvalue weighted by Gasteiger charge is -2.18. The lowest BCUT2D eigenvalue weighted by Crippen LogP contribution is -2.29. The molecule has 0 saturated heterocycles. The Morgan fingerprint density at radius 1 is 0.833 bits per heavy atom. The summed E-state index contributed by atoms with van der Waals surface area (Å²) in [5, 5.41) is 0. The Morgan fingerprint density at radius 2 is 1.29 bits per heavy atom. The summed E-state index contributed by atoms with van der Waals surface area (Å²) in [5.41, 5.74) is 7.75. The molecule has 0 bridgehead atoms. The summed E-state index contributed by atoms with van der Waals surface area (Å²) in [7, 11) is 0. The van der Waals surface area contributed by atoms with E-state index in [1.54, 1.807) is 0 Å². The summed E-state index contributed by atoms with van der Waals surface area (Å²) in [6.07, 6.45) is -0.209. The van der Waals surface area contributed by atoms with Crippen LogP contribution in [-0.2, 0) is 27.4 Å². The Balaban J connectivity index is 1.74. The molecule has 0 spiro atoms. The van der Waals surface area contributed by atoms with Crippen LogP contribution in [0.3, 0.4) is 0 Å². The van der Waals surface area contributed by atoms with E-state index in [1.165, 1.54) is 0 Å². The van der Waals surface area contributed by atoms with E-state index < -0.39 is 0 Å². The number of hydrogen-bond acceptors (Lipinski definition) is 4. The zero-order chi connectivity index (χ0) is 17.0. The highest BCUT2D eigenvalue weighted by molar-refractivity contribution is 7.80. The summed E-state index contributed by atoms with van der Waals surface area (Å²) < 4.78 is 17.1. The molecule has 2 N–H and O–H groups in total. The van der Waals surface area contributed by atoms with Crippen LogP contribution in [0.5, 0.6) is 0 Å². The van der Waals surface area contributed by atoms with Crippen LogP contribution in [0.2, 0.25) is 0 Å². The third-order valence-corrected chi connectivity index (χ3v) is 3.41. The Kier molecular flexibility index (Phi) is 8.41. The standard InChI is InChI=1S/C19H23NO3S/c20-19(24)15-23-18(13-21-11-16-7-3-1-4-8-16)14-22-12-17-9-5-2-6-10-17/h1-10,18H,11-15H2,(H2,20,24). The Hall–Kier alpha value is -1.79. The summed E-state index contributed by atoms with van der Waals surface area (Å²) in [5.74, 6) is 0. The molecule has 0 aliphatic rings. The highest BCUT2D eigenvalue weighted by Crippen LogP contribution is 2.05. The molecule has 2 aromatic rings. The van der Waals surface area contributed by atoms with Gasteiger partial charge in [0.15, 0.2) is 0 Å². The third-order valence-electron chi connectivity index (χ3n) is 3.29. The molecule has 0 aromatic heterocycles. The number of ether oxygens (including phenoxy) is 3. The van der Waals surface area contributed by atoms with E-state index in [2.05, 4.69) is 0 Å². The lowest BCUT2D eigenvalue weighted by atomic mass is 10.2. The second-order valence-electron chi connectivity index (χ2n) is 5.40. The Morgan fingerprint density at radius 3 is 1.71 bits per heavy atom. The van der Waals surface area contributed by atoms with Gasteiger partial charge in [-0.2, -0.15) is 0 Å². The quantitative estimate of drug-likeness (QED) is 0.634. The monoisotopic (exact) mass is 345 g/mol. The SMILES string of the molecule is NC(=S)COC(COCc1ccccc1)COCc1ccccc1. The molecule has 0 unspecified atom stereocenters. The summed E-state index contributed by atoms with van der Waals surface area (Å²) in [4.78, 5) is 0.325. The van der Waals surface area contributed by atoms with Crippen molar-refractivity contribution in [2.24, 2.45) is 5.73 Å². The van der Waals surface area contributed by atoms with Gasteiger partial charge >= 0.3 is 0 Å². The first-order valence-corrected chi connectivity index (χ1v) is 8.28. The van der Waals surface area contributed by atoms with Crippen LogP contribution in [-0.4, -0.2) is 30.9 Å². The maximum Gasteiger partial charge on any atom is 0.105 e. The van der Waals surface area contributed by atoms with E-state index in [9.17, 15) is 0 Å². The molecule has 0 saturated carbocycles. The van der Waals surface area contributed by atoms with E-state index in [-0.39, 0.29) is 12.7 Å². The molecule has 5 heteroatoms. The van der Waals surface area contributed by atoms with Crippen LogP contribution in [0, 0.1) is 0 Å². The fourth-order valence-corrected chi connectivity index (χ4v) is 2.18. The van der Waals surface area contributed by atoms with Gasteiger partial charge in [0.25, 0.3) is 0 Å². The van der Waals surface area contributed by atoms with E-state index in [0.29, 0.717) is 31.4 Å². The summed E-state index contributed by atoms with van der Waals surface area (Å²) in [6.45, 7) is 2.14. The summed E-state index contributed by atoms with van der Waals surface area (Å²) in [6, 6.07) is 20.0. The van der Waals surface area contributed by atoms with Crippen molar-refractivity contribution in [2.45, 2.75) is 19.3 Å². The van der Waals surface area contributed by atoms with Crippen LogP contribution >= 0.6 is 12.2 Å². The van der Waals surface area contributed by atoms with Crippen LogP contribution in [0.4, 0.5) is 0 Å². The van der Waals surface area contributed by atoms with Crippen LogP contribution < -0.4 is 5.73 Å². The zero-order valence-corrected chi connectivity index (χ0v) is 14.4. The Bertz CT molecular complexity index is 547. The molecular formula is C19H23NO3S. The number of rotatable bonds is 11. The van der Waals surface area contributed by atoms with Gasteiger partial charge < -0.3 is 19.9 Å². The van der Waals surface area contributed by atoms with Gasteiger partial charge in [0.1, 0.15) is 6.10 Å². The minimum absolute atomic E-state index is 0.209. The molecule has 2 aromatic carbocycles. The van der Waals surface area contributed by atoms with Gasteiger partial charge in [-0.1, -0.05) is 72.9 Å². The minimum atomic E-state index is -0.209. The highest BCUT2D eigenvalue weighted by Gasteiger charge is 2.11. The number of benzene rings is 2. The van der Waals surface area contributed by atoms with Crippen molar-refractivity contribution in [1.29, 1.82) is 0 Å². The van der Waals surface area contributed by atoms with Crippen molar-refractivity contribution < 1.29 is 14.2 Å². The van der Waals surface area contributed by atoms with Gasteiger partial charge in [-0.05, 0) is 11.1 Å². The van der Waals surface area contributed by atoms with Crippen LogP contribution in [0.1, 0.15) is 11.1 Å². The smallest absolute Gasteiger partial charge is 0.105 e. The van der Waals surface area contributed by atoms with Gasteiger partial charge in [0, 0.05) is 0 Å². The highest BCUT2D eigenvalue weighted by atomic mass is 32.1. The van der Waals surface area contributed by atoms with Crippen molar-refractivity contribution in [3.63, 3.8) is 0 Å². The second kappa shape index (κ2) is 10.9. The van der Waals surface area contributed by atoms with Crippen molar-refractivity contribution in [1.82, 2.24) is 0 Å². The third kappa shape index (κ3) is 7.66. The topological polar surface area (TPSA) is 53.7 Å². The predicted octanol–water partition coefficient (Wildman–Crippen LogP) is 3.09. The number of hydrogen-bond donors (Lipinski definition) is 1. The molecule has 0 atom stereocenters. The molecule has 24 heavy (non-hydrogen) atoms. The molecule has 128 valence electrons. The lowest BCUT2D eigenvalue weighted by molar-refractivity contribution is -0.0558. The number of nitrogens with two attached hydrogens (primary N) is 1. The normalized spacial score (nSPS) is 10.9. The van der Waals surface area contributed by atoms with Crippen molar-refractivity contribution in [3.8, 4) is 0 Å². The van der Waals surface area contributed by atoms with Crippen LogP contribution in [0.25, 0.3) is 0 Å². The van der Waals surface area contributed by atoms with Crippen molar-refractivity contribution >= 4 is 17.2 Å². The first-order chi connectivity index (χ1) is 11.7. The maximum atomic E-state index is 5.73. The fourth-order valence-electron chi connectivity index (χ4n) is 2.11. The molecule has 0 heterocycles. The van der Waals surface area contributed by atoms with Crippen LogP contribution in [0.15, 0.2) is 60.7 Å². The van der Waals surface area contributed by atoms with Gasteiger partial charge in [-0.3, -0.25) is 0 Å². The Labute approximate surface area is 148 Å². The molecule has 0 amide bonds. The first-order valence-electron chi connectivity index (χ1n) is 7.87. The average Bonchev–Trinajstić information content (AvgIpc) is 2.61. The van der Waals surface area contributed by atoms with E-state index in [4.69, 9.17) is 32.2 Å². The molecule has 2 rings (SSSR count). The summed E-state index contributed by atoms with van der Waals surface area (Å²) >= 11 is 4.86. The molecule has 0 fully saturated rings. The second-order valence-corrected chi connectivity index (χ2v) is 5.93. The molecular weight excluding hydrogens is 322 g/mol. The van der Waals surface area contributed by atoms with Gasteiger partial charge in [0.2, 0.25) is 0 Å². The number of thiocarbonyl (C=S) groups is 1. The van der Waals surface area contributed by atoms with E-state index in [1.807, 2.05) is 60.7 Å². The van der Waals surface area contributed by atoms with Crippen molar-refractivity contribution in [2.75, 3.05) is 19.8 Å². The molecule has 4 nitrogen and oxygen atoms in total. The fraction of sp³-hybridized carbons (Fsp3) is 0.316. The largest absolute Gasteiger partial charge is 0.391 e. The molecule has 0 radical (unpaired) electrons. The molecule has 0 aliphatic heterocycles. The van der Waals surface area contributed by atoms with E-state index in [0.717, 1.165) is 11.1 Å². The maximum absolute atomic E-state index is 5.73. The average molecular weight is 345 g/mol. The molecule has 0 aliphatic carbocycles.